The second-order valence-electron chi connectivity index (χ2n) is 1.16. The van der Waals surface area contributed by atoms with Crippen molar-refractivity contribution in [2.45, 2.75) is 6.42 Å². The van der Waals surface area contributed by atoms with Crippen molar-refractivity contribution in [1.82, 2.24) is 0 Å². The summed E-state index contributed by atoms with van der Waals surface area (Å²) in [4.78, 5) is 3.26. The summed E-state index contributed by atoms with van der Waals surface area (Å²) < 4.78 is 15.4. The molecule has 0 unspecified atom stereocenters. The zero-order valence-corrected chi connectivity index (χ0v) is 4.32. The van der Waals surface area contributed by atoms with E-state index >= 15 is 0 Å². The number of halogens is 1. The van der Waals surface area contributed by atoms with Crippen LogP contribution < -0.4 is 0 Å². The summed E-state index contributed by atoms with van der Waals surface area (Å²) in [5.74, 6) is 0. The quantitative estimate of drug-likeness (QED) is 0.498. The van der Waals surface area contributed by atoms with Crippen LogP contribution in [0.25, 0.3) is 0 Å². The summed E-state index contributed by atoms with van der Waals surface area (Å²) in [5.41, 5.74) is 0. The molecule has 0 amide bonds. The molecule has 0 saturated heterocycles. The Balaban J connectivity index is 2.45. The SMILES string of the molecule is COCCCOF. The van der Waals surface area contributed by atoms with E-state index in [2.05, 4.69) is 9.68 Å². The van der Waals surface area contributed by atoms with E-state index in [9.17, 15) is 4.53 Å². The summed E-state index contributed by atoms with van der Waals surface area (Å²) >= 11 is 0. The Morgan fingerprint density at radius 3 is 2.57 bits per heavy atom. The molecule has 44 valence electrons. The third kappa shape index (κ3) is 5.85. The maximum absolute atomic E-state index is 10.8. The zero-order chi connectivity index (χ0) is 5.54. The van der Waals surface area contributed by atoms with E-state index in [0.29, 0.717) is 13.0 Å². The Labute approximate surface area is 42.1 Å². The van der Waals surface area contributed by atoms with Gasteiger partial charge in [-0.1, -0.05) is 0 Å². The minimum Gasteiger partial charge on any atom is -0.385 e. The molecule has 0 heterocycles. The normalized spacial score (nSPS) is 9.43. The Morgan fingerprint density at radius 1 is 1.43 bits per heavy atom. The van der Waals surface area contributed by atoms with E-state index < -0.39 is 0 Å². The molecule has 0 N–H and O–H groups in total. The molecule has 0 aliphatic rings. The largest absolute Gasteiger partial charge is 0.385 e. The lowest BCUT2D eigenvalue weighted by Crippen LogP contribution is -1.92. The summed E-state index contributed by atoms with van der Waals surface area (Å²) in [5, 5.41) is 0. The van der Waals surface area contributed by atoms with Crippen molar-refractivity contribution in [3.8, 4) is 0 Å². The molecule has 0 spiro atoms. The maximum atomic E-state index is 10.8. The lowest BCUT2D eigenvalue weighted by atomic mass is 10.5. The fraction of sp³-hybridized carbons (Fsp3) is 1.00. The summed E-state index contributed by atoms with van der Waals surface area (Å²) in [7, 11) is 1.57. The molecule has 0 saturated carbocycles. The van der Waals surface area contributed by atoms with Crippen molar-refractivity contribution in [2.75, 3.05) is 20.3 Å². The van der Waals surface area contributed by atoms with Crippen LogP contribution in [0.15, 0.2) is 0 Å². The van der Waals surface area contributed by atoms with Crippen molar-refractivity contribution < 1.29 is 14.2 Å². The molecule has 7 heavy (non-hydrogen) atoms. The van der Waals surface area contributed by atoms with Gasteiger partial charge in [0, 0.05) is 13.7 Å². The van der Waals surface area contributed by atoms with Gasteiger partial charge in [0.1, 0.15) is 0 Å². The fourth-order valence-corrected chi connectivity index (χ4v) is 0.258. The van der Waals surface area contributed by atoms with Crippen LogP contribution in [0.1, 0.15) is 6.42 Å². The van der Waals surface area contributed by atoms with E-state index in [1.807, 2.05) is 0 Å². The van der Waals surface area contributed by atoms with Crippen LogP contribution in [0, 0.1) is 0 Å². The van der Waals surface area contributed by atoms with Crippen LogP contribution in [0.2, 0.25) is 0 Å². The van der Waals surface area contributed by atoms with E-state index in [1.54, 1.807) is 7.11 Å². The van der Waals surface area contributed by atoms with Crippen LogP contribution in [0.4, 0.5) is 4.53 Å². The molecular formula is C4H9FO2. The molecule has 0 atom stereocenters. The van der Waals surface area contributed by atoms with Gasteiger partial charge in [-0.3, -0.25) is 0 Å². The maximum Gasteiger partial charge on any atom is 0.0898 e. The van der Waals surface area contributed by atoms with Crippen molar-refractivity contribution >= 4 is 0 Å². The van der Waals surface area contributed by atoms with E-state index in [1.165, 1.54) is 0 Å². The Morgan fingerprint density at radius 2 is 2.14 bits per heavy atom. The second-order valence-corrected chi connectivity index (χ2v) is 1.16. The standard InChI is InChI=1S/C4H9FO2/c1-6-3-2-4-7-5/h2-4H2,1H3. The molecular weight excluding hydrogens is 99.0 g/mol. The summed E-state index contributed by atoms with van der Waals surface area (Å²) in [6.45, 7) is 0.692. The zero-order valence-electron chi connectivity index (χ0n) is 4.32. The monoisotopic (exact) mass is 108 g/mol. The molecule has 2 nitrogen and oxygen atoms in total. The second kappa shape index (κ2) is 5.85. The Hall–Kier alpha value is -0.150. The first kappa shape index (κ1) is 6.85. The highest BCUT2D eigenvalue weighted by atomic mass is 19.3. The lowest BCUT2D eigenvalue weighted by molar-refractivity contribution is -0.135. The minimum absolute atomic E-state index is 0.133. The number of methoxy groups -OCH3 is 1. The average Bonchev–Trinajstić information content (AvgIpc) is 1.69. The number of hydrogen-bond donors (Lipinski definition) is 0. The van der Waals surface area contributed by atoms with Crippen molar-refractivity contribution in [1.29, 1.82) is 0 Å². The lowest BCUT2D eigenvalue weighted by Gasteiger charge is -1.91. The number of rotatable bonds is 4. The van der Waals surface area contributed by atoms with Gasteiger partial charge in [0.05, 0.1) is 6.61 Å². The number of ether oxygens (including phenoxy) is 1. The first-order chi connectivity index (χ1) is 3.41. The molecule has 0 bridgehead atoms. The third-order valence-electron chi connectivity index (χ3n) is 0.570. The van der Waals surface area contributed by atoms with Crippen LogP contribution >= 0.6 is 0 Å². The molecule has 0 fully saturated rings. The predicted molar refractivity (Wildman–Crippen MR) is 23.6 cm³/mol. The van der Waals surface area contributed by atoms with Gasteiger partial charge in [-0.05, 0) is 10.9 Å². The molecule has 0 aliphatic heterocycles. The molecule has 0 aromatic carbocycles. The summed E-state index contributed by atoms with van der Waals surface area (Å²) in [6.07, 6.45) is 0.618. The predicted octanol–water partition coefficient (Wildman–Crippen LogP) is 0.924. The first-order valence-corrected chi connectivity index (χ1v) is 2.14. The highest BCUT2D eigenvalue weighted by Crippen LogP contribution is 1.81. The van der Waals surface area contributed by atoms with Crippen molar-refractivity contribution in [3.63, 3.8) is 0 Å². The molecule has 3 heteroatoms. The van der Waals surface area contributed by atoms with E-state index in [4.69, 9.17) is 0 Å². The molecule has 0 aromatic heterocycles. The smallest absolute Gasteiger partial charge is 0.0898 e. The van der Waals surface area contributed by atoms with Gasteiger partial charge >= 0.3 is 0 Å². The number of hydrogen-bond acceptors (Lipinski definition) is 2. The minimum atomic E-state index is 0.133. The van der Waals surface area contributed by atoms with Gasteiger partial charge in [0.15, 0.2) is 0 Å². The molecule has 0 aliphatic carbocycles. The van der Waals surface area contributed by atoms with Crippen LogP contribution in [0.3, 0.4) is 0 Å². The fourth-order valence-electron chi connectivity index (χ4n) is 0.258. The topological polar surface area (TPSA) is 18.5 Å². The van der Waals surface area contributed by atoms with E-state index in [0.717, 1.165) is 0 Å². The van der Waals surface area contributed by atoms with Gasteiger partial charge in [-0.25, -0.2) is 0 Å². The van der Waals surface area contributed by atoms with E-state index in [-0.39, 0.29) is 6.61 Å². The van der Waals surface area contributed by atoms with Crippen LogP contribution in [-0.2, 0) is 9.68 Å². The van der Waals surface area contributed by atoms with Crippen molar-refractivity contribution in [2.24, 2.45) is 0 Å². The Kier molecular flexibility index (Phi) is 5.72. The van der Waals surface area contributed by atoms with Crippen LogP contribution in [-0.4, -0.2) is 20.3 Å². The third-order valence-corrected chi connectivity index (χ3v) is 0.570. The van der Waals surface area contributed by atoms with Gasteiger partial charge in [-0.15, -0.1) is 0 Å². The summed E-state index contributed by atoms with van der Waals surface area (Å²) in [6, 6.07) is 0. The highest BCUT2D eigenvalue weighted by Gasteiger charge is 1.82. The highest BCUT2D eigenvalue weighted by molar-refractivity contribution is 4.27. The molecule has 0 radical (unpaired) electrons. The van der Waals surface area contributed by atoms with Gasteiger partial charge in [0.2, 0.25) is 0 Å². The molecule has 0 aromatic rings. The van der Waals surface area contributed by atoms with Gasteiger partial charge < -0.3 is 4.74 Å². The van der Waals surface area contributed by atoms with Crippen molar-refractivity contribution in [3.05, 3.63) is 0 Å². The average molecular weight is 108 g/mol. The Bertz CT molecular complexity index is 28.9. The molecule has 0 rings (SSSR count). The van der Waals surface area contributed by atoms with Gasteiger partial charge in [-0.2, -0.15) is 4.94 Å². The van der Waals surface area contributed by atoms with Crippen LogP contribution in [0.5, 0.6) is 0 Å². The first-order valence-electron chi connectivity index (χ1n) is 2.14. The van der Waals surface area contributed by atoms with Gasteiger partial charge in [0.25, 0.3) is 0 Å².